The number of nitrogens with one attached hydrogen (secondary N) is 1. The van der Waals surface area contributed by atoms with Gasteiger partial charge in [0.1, 0.15) is 0 Å². The minimum Gasteiger partial charge on any atom is -0.326 e. The van der Waals surface area contributed by atoms with Crippen LogP contribution in [0.15, 0.2) is 36.4 Å². The summed E-state index contributed by atoms with van der Waals surface area (Å²) in [5, 5.41) is 14.5. The summed E-state index contributed by atoms with van der Waals surface area (Å²) in [6, 6.07) is 9.82. The Hall–Kier alpha value is -2.11. The van der Waals surface area contributed by atoms with Crippen molar-refractivity contribution in [1.82, 2.24) is 0 Å². The van der Waals surface area contributed by atoms with Crippen LogP contribution >= 0.6 is 23.2 Å². The van der Waals surface area contributed by atoms with E-state index in [4.69, 9.17) is 23.2 Å². The summed E-state index contributed by atoms with van der Waals surface area (Å²) in [6.45, 7) is 1.60. The van der Waals surface area contributed by atoms with Gasteiger partial charge in [-0.3, -0.25) is 14.9 Å². The Morgan fingerprint density at radius 3 is 2.61 bits per heavy atom. The van der Waals surface area contributed by atoms with E-state index in [9.17, 15) is 14.9 Å². The molecule has 23 heavy (non-hydrogen) atoms. The smallest absolute Gasteiger partial charge is 0.274 e. The minimum atomic E-state index is -0.475. The third-order valence-corrected chi connectivity index (χ3v) is 4.29. The van der Waals surface area contributed by atoms with Crippen LogP contribution in [-0.4, -0.2) is 10.8 Å². The third kappa shape index (κ3) is 4.21. The second kappa shape index (κ2) is 7.44. The summed E-state index contributed by atoms with van der Waals surface area (Å²) in [5.74, 6) is -0.246. The molecular formula is C16H14Cl2N2O3. The molecule has 0 unspecified atom stereocenters. The van der Waals surface area contributed by atoms with Gasteiger partial charge in [0.05, 0.1) is 26.2 Å². The molecule has 2 aromatic carbocycles. The van der Waals surface area contributed by atoms with Crippen LogP contribution in [0.3, 0.4) is 0 Å². The molecule has 0 spiro atoms. The molecule has 120 valence electrons. The number of aryl methyl sites for hydroxylation is 1. The Kier molecular flexibility index (Phi) is 5.58. The van der Waals surface area contributed by atoms with E-state index in [-0.39, 0.29) is 18.0 Å². The fraction of sp³-hybridized carbons (Fsp3) is 0.188. The van der Waals surface area contributed by atoms with Gasteiger partial charge in [0.25, 0.3) is 5.69 Å². The van der Waals surface area contributed by atoms with Crippen molar-refractivity contribution in [2.45, 2.75) is 19.8 Å². The quantitative estimate of drug-likeness (QED) is 0.621. The molecule has 0 aromatic heterocycles. The predicted octanol–water partition coefficient (Wildman–Crippen LogP) is 4.78. The van der Waals surface area contributed by atoms with Crippen LogP contribution in [0.25, 0.3) is 0 Å². The number of carbonyl (C=O) groups excluding carboxylic acids is 1. The first-order chi connectivity index (χ1) is 10.9. The first-order valence-electron chi connectivity index (χ1n) is 6.87. The molecule has 0 radical (unpaired) electrons. The molecule has 0 saturated heterocycles. The number of benzene rings is 2. The molecule has 1 amide bonds. The highest BCUT2D eigenvalue weighted by molar-refractivity contribution is 6.42. The summed E-state index contributed by atoms with van der Waals surface area (Å²) >= 11 is 12.0. The molecule has 0 saturated carbocycles. The van der Waals surface area contributed by atoms with Crippen LogP contribution in [0, 0.1) is 17.0 Å². The zero-order valence-electron chi connectivity index (χ0n) is 12.3. The SMILES string of the molecule is Cc1c(NC(=O)CCc2cccc(Cl)c2Cl)cccc1[N+](=O)[O-]. The number of amides is 1. The van der Waals surface area contributed by atoms with Gasteiger partial charge in [0, 0.05) is 12.5 Å². The fourth-order valence-corrected chi connectivity index (χ4v) is 2.57. The molecule has 2 rings (SSSR count). The average Bonchev–Trinajstić information content (AvgIpc) is 2.50. The molecule has 0 bridgehead atoms. The number of nitro groups is 1. The zero-order valence-corrected chi connectivity index (χ0v) is 13.8. The molecule has 1 N–H and O–H groups in total. The molecular weight excluding hydrogens is 339 g/mol. The number of rotatable bonds is 5. The summed E-state index contributed by atoms with van der Waals surface area (Å²) in [5.41, 5.74) is 1.61. The molecule has 0 aliphatic rings. The van der Waals surface area contributed by atoms with Crippen molar-refractivity contribution in [3.63, 3.8) is 0 Å². The fourth-order valence-electron chi connectivity index (χ4n) is 2.16. The molecule has 0 heterocycles. The maximum absolute atomic E-state index is 12.1. The van der Waals surface area contributed by atoms with Crippen molar-refractivity contribution in [2.24, 2.45) is 0 Å². The number of nitrogens with zero attached hydrogens (tertiary/aromatic N) is 1. The lowest BCUT2D eigenvalue weighted by molar-refractivity contribution is -0.385. The Labute approximate surface area is 143 Å². The van der Waals surface area contributed by atoms with Gasteiger partial charge in [-0.25, -0.2) is 0 Å². The highest BCUT2D eigenvalue weighted by atomic mass is 35.5. The van der Waals surface area contributed by atoms with Gasteiger partial charge in [-0.2, -0.15) is 0 Å². The summed E-state index contributed by atoms with van der Waals surface area (Å²) in [7, 11) is 0. The molecule has 0 aliphatic heterocycles. The number of hydrogen-bond acceptors (Lipinski definition) is 3. The third-order valence-electron chi connectivity index (χ3n) is 3.43. The van der Waals surface area contributed by atoms with Crippen molar-refractivity contribution >= 4 is 40.5 Å². The van der Waals surface area contributed by atoms with Crippen LogP contribution in [0.4, 0.5) is 11.4 Å². The summed E-state index contributed by atoms with van der Waals surface area (Å²) in [6.07, 6.45) is 0.626. The van der Waals surface area contributed by atoms with Gasteiger partial charge in [0.15, 0.2) is 0 Å². The van der Waals surface area contributed by atoms with E-state index in [1.54, 1.807) is 31.2 Å². The van der Waals surface area contributed by atoms with E-state index in [2.05, 4.69) is 5.32 Å². The molecule has 5 nitrogen and oxygen atoms in total. The second-order valence-corrected chi connectivity index (χ2v) is 5.75. The van der Waals surface area contributed by atoms with Crippen LogP contribution in [-0.2, 0) is 11.2 Å². The zero-order chi connectivity index (χ0) is 17.0. The molecule has 0 aliphatic carbocycles. The van der Waals surface area contributed by atoms with Gasteiger partial charge in [0.2, 0.25) is 5.91 Å². The number of hydrogen-bond donors (Lipinski definition) is 1. The highest BCUT2D eigenvalue weighted by Gasteiger charge is 2.15. The maximum Gasteiger partial charge on any atom is 0.274 e. The topological polar surface area (TPSA) is 72.2 Å². The second-order valence-electron chi connectivity index (χ2n) is 4.97. The lowest BCUT2D eigenvalue weighted by Crippen LogP contribution is -2.13. The van der Waals surface area contributed by atoms with Gasteiger partial charge in [-0.05, 0) is 31.0 Å². The molecule has 0 fully saturated rings. The standard InChI is InChI=1S/C16H14Cl2N2O3/c1-10-13(6-3-7-14(10)20(22)23)19-15(21)9-8-11-4-2-5-12(17)16(11)18/h2-7H,8-9H2,1H3,(H,19,21). The normalized spacial score (nSPS) is 10.4. The highest BCUT2D eigenvalue weighted by Crippen LogP contribution is 2.27. The van der Waals surface area contributed by atoms with Crippen LogP contribution < -0.4 is 5.32 Å². The predicted molar refractivity (Wildman–Crippen MR) is 91.2 cm³/mol. The largest absolute Gasteiger partial charge is 0.326 e. The summed E-state index contributed by atoms with van der Waals surface area (Å²) in [4.78, 5) is 22.5. The van der Waals surface area contributed by atoms with Crippen LogP contribution in [0.2, 0.25) is 10.0 Å². The van der Waals surface area contributed by atoms with E-state index in [0.29, 0.717) is 27.7 Å². The van der Waals surface area contributed by atoms with Gasteiger partial charge >= 0.3 is 0 Å². The van der Waals surface area contributed by atoms with Gasteiger partial charge in [-0.15, -0.1) is 0 Å². The number of carbonyl (C=O) groups is 1. The minimum absolute atomic E-state index is 0.0271. The van der Waals surface area contributed by atoms with E-state index in [0.717, 1.165) is 5.56 Å². The lowest BCUT2D eigenvalue weighted by atomic mass is 10.1. The van der Waals surface area contributed by atoms with E-state index in [1.165, 1.54) is 12.1 Å². The monoisotopic (exact) mass is 352 g/mol. The number of halogens is 2. The Morgan fingerprint density at radius 1 is 1.22 bits per heavy atom. The maximum atomic E-state index is 12.1. The van der Waals surface area contributed by atoms with Crippen molar-refractivity contribution < 1.29 is 9.72 Å². The summed E-state index contributed by atoms with van der Waals surface area (Å²) < 4.78 is 0. The Bertz CT molecular complexity index is 763. The number of anilines is 1. The molecule has 7 heteroatoms. The van der Waals surface area contributed by atoms with E-state index >= 15 is 0 Å². The van der Waals surface area contributed by atoms with Crippen molar-refractivity contribution in [3.05, 3.63) is 67.7 Å². The molecule has 2 aromatic rings. The molecule has 0 atom stereocenters. The van der Waals surface area contributed by atoms with Crippen LogP contribution in [0.5, 0.6) is 0 Å². The van der Waals surface area contributed by atoms with Gasteiger partial charge < -0.3 is 5.32 Å². The average molecular weight is 353 g/mol. The lowest BCUT2D eigenvalue weighted by Gasteiger charge is -2.09. The van der Waals surface area contributed by atoms with Crippen molar-refractivity contribution in [1.29, 1.82) is 0 Å². The first kappa shape index (κ1) is 17.2. The first-order valence-corrected chi connectivity index (χ1v) is 7.62. The van der Waals surface area contributed by atoms with E-state index in [1.807, 2.05) is 0 Å². The van der Waals surface area contributed by atoms with Crippen LogP contribution in [0.1, 0.15) is 17.5 Å². The van der Waals surface area contributed by atoms with Crippen molar-refractivity contribution in [2.75, 3.05) is 5.32 Å². The van der Waals surface area contributed by atoms with Gasteiger partial charge in [-0.1, -0.05) is 41.4 Å². The number of nitro benzene ring substituents is 1. The Balaban J connectivity index is 2.04. The Morgan fingerprint density at radius 2 is 1.91 bits per heavy atom. The van der Waals surface area contributed by atoms with Crippen molar-refractivity contribution in [3.8, 4) is 0 Å². The van der Waals surface area contributed by atoms with E-state index < -0.39 is 4.92 Å².